The molecule has 3 aromatic rings. The molecule has 0 bridgehead atoms. The number of benzene rings is 3. The van der Waals surface area contributed by atoms with Crippen molar-refractivity contribution < 1.29 is 9.47 Å². The van der Waals surface area contributed by atoms with E-state index in [0.29, 0.717) is 0 Å². The molecular weight excluding hydrogens is 224 g/mol. The Labute approximate surface area is 106 Å². The van der Waals surface area contributed by atoms with E-state index >= 15 is 0 Å². The van der Waals surface area contributed by atoms with Gasteiger partial charge in [0, 0.05) is 10.8 Å². The summed E-state index contributed by atoms with van der Waals surface area (Å²) in [5, 5.41) is 4.53. The van der Waals surface area contributed by atoms with Crippen LogP contribution in [0.2, 0.25) is 0 Å². The third-order valence-corrected chi connectivity index (χ3v) is 3.25. The van der Waals surface area contributed by atoms with Crippen molar-refractivity contribution in [3.8, 4) is 11.5 Å². The first-order chi connectivity index (χ1) is 8.86. The summed E-state index contributed by atoms with van der Waals surface area (Å²) >= 11 is 0. The van der Waals surface area contributed by atoms with Crippen molar-refractivity contribution in [3.05, 3.63) is 48.5 Å². The van der Waals surface area contributed by atoms with E-state index in [2.05, 4.69) is 24.3 Å². The molecule has 0 aliphatic carbocycles. The maximum absolute atomic E-state index is 5.53. The van der Waals surface area contributed by atoms with Crippen LogP contribution in [0.25, 0.3) is 21.5 Å². The molecule has 18 heavy (non-hydrogen) atoms. The van der Waals surface area contributed by atoms with Gasteiger partial charge in [0.05, 0.1) is 14.2 Å². The second-order valence-electron chi connectivity index (χ2n) is 4.16. The lowest BCUT2D eigenvalue weighted by atomic mass is 10.00. The normalized spacial score (nSPS) is 10.8. The fourth-order valence-electron chi connectivity index (χ4n) is 2.48. The predicted molar refractivity (Wildman–Crippen MR) is 74.6 cm³/mol. The summed E-state index contributed by atoms with van der Waals surface area (Å²) in [6, 6.07) is 16.4. The molecule has 0 amide bonds. The Balaban J connectivity index is 2.61. The van der Waals surface area contributed by atoms with Gasteiger partial charge in [0.25, 0.3) is 0 Å². The first-order valence-electron chi connectivity index (χ1n) is 5.88. The number of fused-ring (bicyclic) bond motifs is 3. The molecule has 0 aliphatic rings. The molecule has 0 spiro atoms. The lowest BCUT2D eigenvalue weighted by molar-refractivity contribution is 0.362. The van der Waals surface area contributed by atoms with Gasteiger partial charge in [-0.15, -0.1) is 0 Å². The lowest BCUT2D eigenvalue weighted by Gasteiger charge is -2.14. The summed E-state index contributed by atoms with van der Waals surface area (Å²) in [5.74, 6) is 1.60. The molecule has 2 heteroatoms. The Hall–Kier alpha value is -2.22. The van der Waals surface area contributed by atoms with Gasteiger partial charge in [0.1, 0.15) is 0 Å². The molecule has 3 aromatic carbocycles. The van der Waals surface area contributed by atoms with Crippen LogP contribution in [-0.2, 0) is 0 Å². The zero-order chi connectivity index (χ0) is 12.5. The largest absolute Gasteiger partial charge is 0.492 e. The van der Waals surface area contributed by atoms with Crippen LogP contribution in [0, 0.1) is 0 Å². The van der Waals surface area contributed by atoms with Crippen molar-refractivity contribution in [3.63, 3.8) is 0 Å². The summed E-state index contributed by atoms with van der Waals surface area (Å²) in [6.45, 7) is 0. The summed E-state index contributed by atoms with van der Waals surface area (Å²) in [4.78, 5) is 0. The zero-order valence-corrected chi connectivity index (χ0v) is 10.4. The van der Waals surface area contributed by atoms with Crippen LogP contribution in [-0.4, -0.2) is 14.2 Å². The first kappa shape index (κ1) is 10.9. The van der Waals surface area contributed by atoms with Crippen LogP contribution in [0.1, 0.15) is 0 Å². The van der Waals surface area contributed by atoms with Gasteiger partial charge in [-0.2, -0.15) is 0 Å². The molecule has 0 radical (unpaired) electrons. The summed E-state index contributed by atoms with van der Waals surface area (Å²) < 4.78 is 11.1. The van der Waals surface area contributed by atoms with Crippen molar-refractivity contribution >= 4 is 21.5 Å². The highest BCUT2D eigenvalue weighted by Gasteiger charge is 2.14. The monoisotopic (exact) mass is 238 g/mol. The zero-order valence-electron chi connectivity index (χ0n) is 10.4. The molecule has 3 rings (SSSR count). The molecule has 0 atom stereocenters. The van der Waals surface area contributed by atoms with Crippen molar-refractivity contribution in [1.82, 2.24) is 0 Å². The molecule has 0 unspecified atom stereocenters. The minimum absolute atomic E-state index is 0.798. The van der Waals surface area contributed by atoms with Crippen molar-refractivity contribution in [2.75, 3.05) is 14.2 Å². The van der Waals surface area contributed by atoms with Gasteiger partial charge in [-0.1, -0.05) is 48.5 Å². The molecule has 0 N–H and O–H groups in total. The van der Waals surface area contributed by atoms with E-state index in [9.17, 15) is 0 Å². The van der Waals surface area contributed by atoms with Gasteiger partial charge in [0.2, 0.25) is 0 Å². The predicted octanol–water partition coefficient (Wildman–Crippen LogP) is 4.01. The number of rotatable bonds is 2. The second kappa shape index (κ2) is 4.22. The molecule has 0 saturated heterocycles. The maximum Gasteiger partial charge on any atom is 0.169 e. The highest BCUT2D eigenvalue weighted by atomic mass is 16.5. The SMILES string of the molecule is COc1c(OC)c2ccccc2c2ccccc12. The number of methoxy groups -OCH3 is 2. The Bertz CT molecular complexity index is 654. The van der Waals surface area contributed by atoms with E-state index in [1.54, 1.807) is 14.2 Å². The fraction of sp³-hybridized carbons (Fsp3) is 0.125. The van der Waals surface area contributed by atoms with Gasteiger partial charge in [-0.05, 0) is 10.8 Å². The van der Waals surface area contributed by atoms with Crippen LogP contribution >= 0.6 is 0 Å². The average molecular weight is 238 g/mol. The molecule has 90 valence electrons. The standard InChI is InChI=1S/C16H14O2/c1-17-15-13-9-5-3-7-11(13)12-8-4-6-10-14(12)16(15)18-2/h3-10H,1-2H3. The summed E-state index contributed by atoms with van der Waals surface area (Å²) in [7, 11) is 3.36. The number of hydrogen-bond donors (Lipinski definition) is 0. The Morgan fingerprint density at radius 2 is 0.889 bits per heavy atom. The topological polar surface area (TPSA) is 18.5 Å². The van der Waals surface area contributed by atoms with Gasteiger partial charge >= 0.3 is 0 Å². The molecule has 0 saturated carbocycles. The van der Waals surface area contributed by atoms with Gasteiger partial charge in [-0.3, -0.25) is 0 Å². The third kappa shape index (κ3) is 1.42. The molecule has 0 heterocycles. The van der Waals surface area contributed by atoms with Crippen molar-refractivity contribution in [2.24, 2.45) is 0 Å². The average Bonchev–Trinajstić information content (AvgIpc) is 2.45. The Morgan fingerprint density at radius 1 is 0.556 bits per heavy atom. The smallest absolute Gasteiger partial charge is 0.169 e. The second-order valence-corrected chi connectivity index (χ2v) is 4.16. The van der Waals surface area contributed by atoms with Gasteiger partial charge < -0.3 is 9.47 Å². The number of hydrogen-bond acceptors (Lipinski definition) is 2. The maximum atomic E-state index is 5.53. The van der Waals surface area contributed by atoms with E-state index in [1.807, 2.05) is 24.3 Å². The van der Waals surface area contributed by atoms with Crippen LogP contribution in [0.5, 0.6) is 11.5 Å². The lowest BCUT2D eigenvalue weighted by Crippen LogP contribution is -1.93. The molecular formula is C16H14O2. The highest BCUT2D eigenvalue weighted by Crippen LogP contribution is 2.42. The Kier molecular flexibility index (Phi) is 2.56. The van der Waals surface area contributed by atoms with Crippen LogP contribution in [0.3, 0.4) is 0 Å². The van der Waals surface area contributed by atoms with Crippen molar-refractivity contribution in [2.45, 2.75) is 0 Å². The molecule has 0 aromatic heterocycles. The number of ether oxygens (including phenoxy) is 2. The van der Waals surface area contributed by atoms with E-state index in [-0.39, 0.29) is 0 Å². The van der Waals surface area contributed by atoms with Crippen LogP contribution in [0.15, 0.2) is 48.5 Å². The molecule has 2 nitrogen and oxygen atoms in total. The quantitative estimate of drug-likeness (QED) is 0.628. The van der Waals surface area contributed by atoms with Crippen LogP contribution < -0.4 is 9.47 Å². The van der Waals surface area contributed by atoms with E-state index in [1.165, 1.54) is 10.8 Å². The minimum atomic E-state index is 0.798. The first-order valence-corrected chi connectivity index (χ1v) is 5.88. The van der Waals surface area contributed by atoms with Gasteiger partial charge in [0.15, 0.2) is 11.5 Å². The third-order valence-electron chi connectivity index (χ3n) is 3.25. The highest BCUT2D eigenvalue weighted by molar-refractivity contribution is 6.13. The molecule has 0 aliphatic heterocycles. The molecule has 0 fully saturated rings. The van der Waals surface area contributed by atoms with E-state index in [4.69, 9.17) is 9.47 Å². The fourth-order valence-corrected chi connectivity index (χ4v) is 2.48. The summed E-state index contributed by atoms with van der Waals surface area (Å²) in [5.41, 5.74) is 0. The van der Waals surface area contributed by atoms with E-state index in [0.717, 1.165) is 22.3 Å². The van der Waals surface area contributed by atoms with Crippen LogP contribution in [0.4, 0.5) is 0 Å². The summed E-state index contributed by atoms with van der Waals surface area (Å²) in [6.07, 6.45) is 0. The minimum Gasteiger partial charge on any atom is -0.492 e. The van der Waals surface area contributed by atoms with E-state index < -0.39 is 0 Å². The Morgan fingerprint density at radius 3 is 1.22 bits per heavy atom. The van der Waals surface area contributed by atoms with Gasteiger partial charge in [-0.25, -0.2) is 0 Å². The van der Waals surface area contributed by atoms with Crippen molar-refractivity contribution in [1.29, 1.82) is 0 Å².